The molecule has 0 fully saturated rings. The summed E-state index contributed by atoms with van der Waals surface area (Å²) in [5, 5.41) is 9.76. The third-order valence-corrected chi connectivity index (χ3v) is 4.86. The first-order valence-electron chi connectivity index (χ1n) is 10.0. The Bertz CT molecular complexity index is 1340. The van der Waals surface area contributed by atoms with Crippen molar-refractivity contribution in [1.82, 2.24) is 9.78 Å². The topological polar surface area (TPSA) is 90.3 Å². The van der Waals surface area contributed by atoms with E-state index < -0.39 is 18.5 Å². The monoisotopic (exact) mass is 415 g/mol. The van der Waals surface area contributed by atoms with Crippen molar-refractivity contribution in [2.75, 3.05) is 11.9 Å². The lowest BCUT2D eigenvalue weighted by Gasteiger charge is -2.11. The quantitative estimate of drug-likeness (QED) is 0.484. The van der Waals surface area contributed by atoms with Crippen LogP contribution in [0.15, 0.2) is 71.5 Å². The van der Waals surface area contributed by atoms with E-state index in [1.807, 2.05) is 43.3 Å². The molecule has 4 aromatic rings. The number of amides is 1. The molecule has 0 saturated heterocycles. The number of esters is 1. The zero-order chi connectivity index (χ0) is 21.8. The van der Waals surface area contributed by atoms with Crippen molar-refractivity contribution in [1.29, 1.82) is 0 Å². The van der Waals surface area contributed by atoms with Crippen molar-refractivity contribution in [3.63, 3.8) is 0 Å². The fourth-order valence-electron chi connectivity index (χ4n) is 3.41. The zero-order valence-electron chi connectivity index (χ0n) is 17.0. The van der Waals surface area contributed by atoms with Crippen LogP contribution in [0.2, 0.25) is 0 Å². The lowest BCUT2D eigenvalue weighted by Crippen LogP contribution is -2.27. The molecule has 0 aliphatic carbocycles. The van der Waals surface area contributed by atoms with Gasteiger partial charge in [0.2, 0.25) is 0 Å². The Hall–Kier alpha value is -4.00. The first-order valence-corrected chi connectivity index (χ1v) is 10.0. The molecule has 0 unspecified atom stereocenters. The second-order valence-corrected chi connectivity index (χ2v) is 7.11. The number of rotatable bonds is 6. The van der Waals surface area contributed by atoms with Gasteiger partial charge in [-0.2, -0.15) is 5.10 Å². The first kappa shape index (κ1) is 20.3. The van der Waals surface area contributed by atoms with E-state index in [-0.39, 0.29) is 11.3 Å². The van der Waals surface area contributed by atoms with Crippen LogP contribution in [0.5, 0.6) is 0 Å². The number of benzene rings is 3. The van der Waals surface area contributed by atoms with Crippen molar-refractivity contribution < 1.29 is 14.3 Å². The Morgan fingerprint density at radius 3 is 2.45 bits per heavy atom. The number of hydrogen-bond acceptors (Lipinski definition) is 5. The van der Waals surface area contributed by atoms with Gasteiger partial charge in [-0.25, -0.2) is 9.48 Å². The summed E-state index contributed by atoms with van der Waals surface area (Å²) in [6, 6.07) is 20.1. The van der Waals surface area contributed by atoms with Gasteiger partial charge in [0, 0.05) is 17.6 Å². The summed E-state index contributed by atoms with van der Waals surface area (Å²) in [7, 11) is 0. The molecule has 0 aliphatic heterocycles. The number of ether oxygens (including phenoxy) is 1. The maximum atomic E-state index is 12.7. The van der Waals surface area contributed by atoms with Crippen molar-refractivity contribution >= 4 is 39.1 Å². The first-order chi connectivity index (χ1) is 15.1. The molecule has 0 radical (unpaired) electrons. The summed E-state index contributed by atoms with van der Waals surface area (Å²) in [6.45, 7) is 1.83. The number of anilines is 1. The Labute approximate surface area is 178 Å². The second kappa shape index (κ2) is 8.79. The molecule has 7 nitrogen and oxygen atoms in total. The highest BCUT2D eigenvalue weighted by molar-refractivity contribution is 6.03. The summed E-state index contributed by atoms with van der Waals surface area (Å²) < 4.78 is 6.46. The van der Waals surface area contributed by atoms with Crippen molar-refractivity contribution in [2.24, 2.45) is 0 Å². The Balaban J connectivity index is 1.50. The lowest BCUT2D eigenvalue weighted by atomic mass is 10.1. The molecule has 1 aromatic heterocycles. The largest absolute Gasteiger partial charge is 0.451 e. The van der Waals surface area contributed by atoms with Crippen molar-refractivity contribution in [3.8, 4) is 0 Å². The summed E-state index contributed by atoms with van der Waals surface area (Å²) in [6.07, 6.45) is 0.688. The smallest absolute Gasteiger partial charge is 0.359 e. The van der Waals surface area contributed by atoms with Crippen LogP contribution in [0, 0.1) is 0 Å². The van der Waals surface area contributed by atoms with Gasteiger partial charge in [0.25, 0.3) is 11.5 Å². The van der Waals surface area contributed by atoms with E-state index in [2.05, 4.69) is 10.4 Å². The average Bonchev–Trinajstić information content (AvgIpc) is 2.79. The number of nitrogens with one attached hydrogen (secondary N) is 1. The van der Waals surface area contributed by atoms with Gasteiger partial charge in [-0.05, 0) is 35.4 Å². The minimum Gasteiger partial charge on any atom is -0.451 e. The number of carbonyl (C=O) groups is 2. The number of fused-ring (bicyclic) bond motifs is 2. The SMILES string of the molecule is CCCn1nc(C(=O)OCC(=O)Nc2ccc3ccccc3c2)c2ccccc2c1=O. The van der Waals surface area contributed by atoms with Crippen LogP contribution in [-0.4, -0.2) is 28.3 Å². The predicted octanol–water partition coefficient (Wildman–Crippen LogP) is 3.76. The maximum absolute atomic E-state index is 12.7. The standard InChI is InChI=1S/C24H21N3O4/c1-2-13-27-23(29)20-10-6-5-9-19(20)22(26-27)24(30)31-15-21(28)25-18-12-11-16-7-3-4-8-17(16)14-18/h3-12,14H,2,13,15H2,1H3,(H,25,28). The molecule has 0 saturated carbocycles. The highest BCUT2D eigenvalue weighted by Crippen LogP contribution is 2.19. The van der Waals surface area contributed by atoms with E-state index >= 15 is 0 Å². The molecule has 0 spiro atoms. The van der Waals surface area contributed by atoms with E-state index in [0.29, 0.717) is 29.4 Å². The molecule has 1 N–H and O–H groups in total. The third-order valence-electron chi connectivity index (χ3n) is 4.86. The van der Waals surface area contributed by atoms with Gasteiger partial charge in [-0.3, -0.25) is 9.59 Å². The van der Waals surface area contributed by atoms with Gasteiger partial charge in [-0.15, -0.1) is 0 Å². The predicted molar refractivity (Wildman–Crippen MR) is 119 cm³/mol. The van der Waals surface area contributed by atoms with Crippen LogP contribution in [-0.2, 0) is 16.1 Å². The van der Waals surface area contributed by atoms with Crippen LogP contribution >= 0.6 is 0 Å². The molecule has 1 heterocycles. The van der Waals surface area contributed by atoms with Crippen LogP contribution in [0.3, 0.4) is 0 Å². The van der Waals surface area contributed by atoms with Gasteiger partial charge < -0.3 is 10.1 Å². The highest BCUT2D eigenvalue weighted by atomic mass is 16.5. The maximum Gasteiger partial charge on any atom is 0.359 e. The van der Waals surface area contributed by atoms with Gasteiger partial charge in [0.05, 0.1) is 5.39 Å². The Kier molecular flexibility index (Phi) is 5.75. The molecular formula is C24H21N3O4. The van der Waals surface area contributed by atoms with E-state index in [9.17, 15) is 14.4 Å². The van der Waals surface area contributed by atoms with Gasteiger partial charge in [0.1, 0.15) is 0 Å². The third kappa shape index (κ3) is 4.30. The fourth-order valence-corrected chi connectivity index (χ4v) is 3.41. The normalized spacial score (nSPS) is 10.9. The number of aryl methyl sites for hydroxylation is 1. The van der Waals surface area contributed by atoms with E-state index in [4.69, 9.17) is 4.74 Å². The van der Waals surface area contributed by atoms with Crippen LogP contribution in [0.4, 0.5) is 5.69 Å². The van der Waals surface area contributed by atoms with E-state index in [0.717, 1.165) is 10.8 Å². The molecule has 4 rings (SSSR count). The van der Waals surface area contributed by atoms with E-state index in [1.165, 1.54) is 4.68 Å². The number of carbonyl (C=O) groups excluding carboxylic acids is 2. The molecule has 0 atom stereocenters. The van der Waals surface area contributed by atoms with Crippen molar-refractivity contribution in [2.45, 2.75) is 19.9 Å². The fraction of sp³-hybridized carbons (Fsp3) is 0.167. The van der Waals surface area contributed by atoms with Gasteiger partial charge >= 0.3 is 5.97 Å². The summed E-state index contributed by atoms with van der Waals surface area (Å²) in [5.74, 6) is -1.22. The van der Waals surface area contributed by atoms with Gasteiger partial charge in [-0.1, -0.05) is 55.5 Å². The molecular weight excluding hydrogens is 394 g/mol. The Morgan fingerprint density at radius 2 is 1.68 bits per heavy atom. The summed E-state index contributed by atoms with van der Waals surface area (Å²) in [5.41, 5.74) is 0.366. The van der Waals surface area contributed by atoms with Crippen molar-refractivity contribution in [3.05, 3.63) is 82.8 Å². The molecule has 156 valence electrons. The van der Waals surface area contributed by atoms with E-state index in [1.54, 1.807) is 30.3 Å². The number of hydrogen-bond donors (Lipinski definition) is 1. The Morgan fingerprint density at radius 1 is 0.968 bits per heavy atom. The average molecular weight is 415 g/mol. The number of aromatic nitrogens is 2. The molecule has 31 heavy (non-hydrogen) atoms. The summed E-state index contributed by atoms with van der Waals surface area (Å²) >= 11 is 0. The minimum atomic E-state index is -0.755. The van der Waals surface area contributed by atoms with Crippen LogP contribution in [0.25, 0.3) is 21.5 Å². The van der Waals surface area contributed by atoms with Crippen LogP contribution < -0.4 is 10.9 Å². The van der Waals surface area contributed by atoms with Crippen LogP contribution in [0.1, 0.15) is 23.8 Å². The molecule has 7 heteroatoms. The minimum absolute atomic E-state index is 0.0159. The zero-order valence-corrected chi connectivity index (χ0v) is 17.0. The highest BCUT2D eigenvalue weighted by Gasteiger charge is 2.19. The molecule has 0 aliphatic rings. The summed E-state index contributed by atoms with van der Waals surface area (Å²) in [4.78, 5) is 37.5. The molecule has 1 amide bonds. The molecule has 0 bridgehead atoms. The van der Waals surface area contributed by atoms with Gasteiger partial charge in [0.15, 0.2) is 12.3 Å². The molecule has 3 aromatic carbocycles. The number of nitrogens with zero attached hydrogens (tertiary/aromatic N) is 2. The second-order valence-electron chi connectivity index (χ2n) is 7.11. The lowest BCUT2D eigenvalue weighted by molar-refractivity contribution is -0.119.